The predicted octanol–water partition coefficient (Wildman–Crippen LogP) is 3.33. The van der Waals surface area contributed by atoms with Crippen LogP contribution in [0.1, 0.15) is 36.9 Å². The molecule has 2 N–H and O–H groups in total. The molecule has 2 fully saturated rings. The number of hydrogen-bond donors (Lipinski definition) is 2. The summed E-state index contributed by atoms with van der Waals surface area (Å²) in [5.41, 5.74) is 3.42. The van der Waals surface area contributed by atoms with Gasteiger partial charge in [-0.1, -0.05) is 12.1 Å². The molecule has 36 heavy (non-hydrogen) atoms. The molecule has 1 saturated heterocycles. The summed E-state index contributed by atoms with van der Waals surface area (Å²) in [7, 11) is 6.12. The SMILES string of the molecule is Cc1nn(C)c(N2CCOCC2)c1CNC[C@H]1CC[C@@H](Nc2nc(N(C)C)c3ccccc3n2)CC1. The summed E-state index contributed by atoms with van der Waals surface area (Å²) < 4.78 is 7.58. The number of rotatable bonds is 8. The number of ether oxygens (including phenoxy) is 1. The number of aryl methyl sites for hydroxylation is 2. The Morgan fingerprint density at radius 1 is 1.06 bits per heavy atom. The smallest absolute Gasteiger partial charge is 0.225 e. The molecule has 0 unspecified atom stereocenters. The van der Waals surface area contributed by atoms with Crippen molar-refractivity contribution in [2.45, 2.75) is 45.2 Å². The van der Waals surface area contributed by atoms with Crippen LogP contribution in [0, 0.1) is 12.8 Å². The molecule has 1 aliphatic carbocycles. The number of aromatic nitrogens is 4. The molecule has 194 valence electrons. The van der Waals surface area contributed by atoms with Crippen molar-refractivity contribution in [2.24, 2.45) is 13.0 Å². The molecule has 0 amide bonds. The normalized spacial score (nSPS) is 20.6. The fourth-order valence-electron chi connectivity index (χ4n) is 5.63. The van der Waals surface area contributed by atoms with Crippen molar-refractivity contribution < 1.29 is 4.74 Å². The molecule has 0 bridgehead atoms. The molecular weight excluding hydrogens is 452 g/mol. The third-order valence-corrected chi connectivity index (χ3v) is 7.55. The lowest BCUT2D eigenvalue weighted by Gasteiger charge is -2.30. The van der Waals surface area contributed by atoms with Crippen LogP contribution in [0.5, 0.6) is 0 Å². The van der Waals surface area contributed by atoms with Crippen LogP contribution in [0.4, 0.5) is 17.6 Å². The van der Waals surface area contributed by atoms with Crippen molar-refractivity contribution in [3.63, 3.8) is 0 Å². The second-order valence-electron chi connectivity index (χ2n) is 10.4. The highest BCUT2D eigenvalue weighted by Gasteiger charge is 2.24. The molecule has 2 aromatic heterocycles. The van der Waals surface area contributed by atoms with E-state index < -0.39 is 0 Å². The largest absolute Gasteiger partial charge is 0.378 e. The molecule has 3 heterocycles. The number of nitrogens with one attached hydrogen (secondary N) is 2. The predicted molar refractivity (Wildman–Crippen MR) is 146 cm³/mol. The van der Waals surface area contributed by atoms with E-state index in [1.807, 2.05) is 30.9 Å². The first-order valence-electron chi connectivity index (χ1n) is 13.3. The number of nitrogens with zero attached hydrogens (tertiary/aromatic N) is 6. The zero-order chi connectivity index (χ0) is 25.1. The molecule has 9 heteroatoms. The summed E-state index contributed by atoms with van der Waals surface area (Å²) in [5.74, 6) is 3.63. The molecule has 5 rings (SSSR count). The van der Waals surface area contributed by atoms with Crippen molar-refractivity contribution in [2.75, 3.05) is 62.1 Å². The first kappa shape index (κ1) is 24.8. The van der Waals surface area contributed by atoms with Gasteiger partial charge in [-0.15, -0.1) is 0 Å². The van der Waals surface area contributed by atoms with E-state index in [2.05, 4.69) is 46.5 Å². The Morgan fingerprint density at radius 3 is 2.56 bits per heavy atom. The summed E-state index contributed by atoms with van der Waals surface area (Å²) in [4.78, 5) is 14.1. The quantitative estimate of drug-likeness (QED) is 0.496. The maximum absolute atomic E-state index is 5.55. The first-order valence-corrected chi connectivity index (χ1v) is 13.3. The lowest BCUT2D eigenvalue weighted by Crippen LogP contribution is -2.38. The number of para-hydroxylation sites is 1. The van der Waals surface area contributed by atoms with Gasteiger partial charge in [0.1, 0.15) is 11.6 Å². The van der Waals surface area contributed by atoms with Crippen LogP contribution in [0.2, 0.25) is 0 Å². The van der Waals surface area contributed by atoms with E-state index in [0.29, 0.717) is 12.0 Å². The molecule has 0 atom stereocenters. The van der Waals surface area contributed by atoms with Crippen molar-refractivity contribution in [1.82, 2.24) is 25.1 Å². The molecule has 9 nitrogen and oxygen atoms in total. The van der Waals surface area contributed by atoms with Gasteiger partial charge in [0.25, 0.3) is 0 Å². The Bertz CT molecular complexity index is 1160. The van der Waals surface area contributed by atoms with Gasteiger partial charge in [-0.2, -0.15) is 10.1 Å². The van der Waals surface area contributed by atoms with E-state index in [9.17, 15) is 0 Å². The topological polar surface area (TPSA) is 83.4 Å². The first-order chi connectivity index (χ1) is 17.5. The van der Waals surface area contributed by atoms with Crippen molar-refractivity contribution in [3.8, 4) is 0 Å². The summed E-state index contributed by atoms with van der Waals surface area (Å²) >= 11 is 0. The highest BCUT2D eigenvalue weighted by Crippen LogP contribution is 2.29. The summed E-state index contributed by atoms with van der Waals surface area (Å²) in [6, 6.07) is 8.65. The number of morpholine rings is 1. The number of hydrogen-bond acceptors (Lipinski definition) is 8. The van der Waals surface area contributed by atoms with E-state index in [1.165, 1.54) is 24.2 Å². The van der Waals surface area contributed by atoms with Crippen LogP contribution >= 0.6 is 0 Å². The Morgan fingerprint density at radius 2 is 1.81 bits per heavy atom. The van der Waals surface area contributed by atoms with Gasteiger partial charge in [-0.05, 0) is 57.2 Å². The standard InChI is InChI=1S/C27H40N8O/c1-19-23(26(34(4)32-19)35-13-15-36-16-14-35)18-28-17-20-9-11-21(12-10-20)29-27-30-24-8-6-5-7-22(24)25(31-27)33(2)3/h5-8,20-21,28H,9-18H2,1-4H3,(H,29,30,31)/t20-,21+. The highest BCUT2D eigenvalue weighted by molar-refractivity contribution is 5.90. The average Bonchev–Trinajstić information content (AvgIpc) is 3.17. The summed E-state index contributed by atoms with van der Waals surface area (Å²) in [6.07, 6.45) is 4.71. The van der Waals surface area contributed by atoms with E-state index in [0.717, 1.165) is 80.6 Å². The van der Waals surface area contributed by atoms with Crippen LogP contribution in [-0.4, -0.2) is 72.7 Å². The van der Waals surface area contributed by atoms with Crippen LogP contribution in [0.3, 0.4) is 0 Å². The molecule has 0 spiro atoms. The Labute approximate surface area is 214 Å². The zero-order valence-electron chi connectivity index (χ0n) is 22.1. The van der Waals surface area contributed by atoms with Gasteiger partial charge in [0.2, 0.25) is 5.95 Å². The lowest BCUT2D eigenvalue weighted by atomic mass is 9.86. The van der Waals surface area contributed by atoms with Gasteiger partial charge in [-0.3, -0.25) is 4.68 Å². The second kappa shape index (κ2) is 11.0. The van der Waals surface area contributed by atoms with E-state index >= 15 is 0 Å². The van der Waals surface area contributed by atoms with Gasteiger partial charge in [0, 0.05) is 57.8 Å². The average molecular weight is 493 g/mol. The number of anilines is 3. The number of fused-ring (bicyclic) bond motifs is 1. The summed E-state index contributed by atoms with van der Waals surface area (Å²) in [5, 5.41) is 13.2. The Balaban J connectivity index is 1.14. The third kappa shape index (κ3) is 5.42. The fourth-order valence-corrected chi connectivity index (χ4v) is 5.63. The summed E-state index contributed by atoms with van der Waals surface area (Å²) in [6.45, 7) is 7.46. The Hall–Kier alpha value is -2.91. The van der Waals surface area contributed by atoms with Gasteiger partial charge >= 0.3 is 0 Å². The zero-order valence-corrected chi connectivity index (χ0v) is 22.1. The lowest BCUT2D eigenvalue weighted by molar-refractivity contribution is 0.122. The maximum atomic E-state index is 5.55. The van der Waals surface area contributed by atoms with Crippen molar-refractivity contribution in [3.05, 3.63) is 35.5 Å². The fraction of sp³-hybridized carbons (Fsp3) is 0.593. The molecule has 1 aliphatic heterocycles. The van der Waals surface area contributed by atoms with Crippen molar-refractivity contribution in [1.29, 1.82) is 0 Å². The highest BCUT2D eigenvalue weighted by atomic mass is 16.5. The molecule has 0 radical (unpaired) electrons. The minimum atomic E-state index is 0.422. The minimum absolute atomic E-state index is 0.422. The number of benzene rings is 1. The van der Waals surface area contributed by atoms with Gasteiger partial charge < -0.3 is 25.2 Å². The maximum Gasteiger partial charge on any atom is 0.225 e. The van der Waals surface area contributed by atoms with Crippen molar-refractivity contribution >= 4 is 28.5 Å². The van der Waals surface area contributed by atoms with E-state index in [1.54, 1.807) is 0 Å². The molecule has 2 aliphatic rings. The van der Waals surface area contributed by atoms with Gasteiger partial charge in [-0.25, -0.2) is 4.98 Å². The minimum Gasteiger partial charge on any atom is -0.378 e. The van der Waals surface area contributed by atoms with Crippen LogP contribution in [-0.2, 0) is 18.3 Å². The van der Waals surface area contributed by atoms with E-state index in [-0.39, 0.29) is 0 Å². The van der Waals surface area contributed by atoms with Gasteiger partial charge in [0.15, 0.2) is 0 Å². The van der Waals surface area contributed by atoms with Crippen LogP contribution in [0.15, 0.2) is 24.3 Å². The monoisotopic (exact) mass is 492 g/mol. The van der Waals surface area contributed by atoms with Gasteiger partial charge in [0.05, 0.1) is 24.4 Å². The molecule has 1 saturated carbocycles. The molecular formula is C27H40N8O. The second-order valence-corrected chi connectivity index (χ2v) is 10.4. The Kier molecular flexibility index (Phi) is 7.57. The third-order valence-electron chi connectivity index (χ3n) is 7.55. The molecule has 1 aromatic carbocycles. The van der Waals surface area contributed by atoms with Crippen LogP contribution in [0.25, 0.3) is 10.9 Å². The molecule has 3 aromatic rings. The van der Waals surface area contributed by atoms with E-state index in [4.69, 9.17) is 19.8 Å². The van der Waals surface area contributed by atoms with Crippen LogP contribution < -0.4 is 20.4 Å².